The minimum atomic E-state index is -4.41. The van der Waals surface area contributed by atoms with Gasteiger partial charge in [-0.3, -0.25) is 4.72 Å². The van der Waals surface area contributed by atoms with E-state index in [9.17, 15) is 21.6 Å². The standard InChI is InChI=1S/C20H18ClF3N4O3S2/c21-14-2-1-11(5-15(14)22)13-3-4-25-8-12(13)9-31-18-6-17(24)19(7-16(18)23)33(29,30)28-20-26-10-27-32-20/h1-2,5-7,10,12-13,25H,3-4,8-9H2,(H,26,27,28). The predicted octanol–water partition coefficient (Wildman–Crippen LogP) is 4.18. The maximum atomic E-state index is 14.6. The second-order valence-electron chi connectivity index (χ2n) is 7.41. The molecule has 0 amide bonds. The summed E-state index contributed by atoms with van der Waals surface area (Å²) in [5, 5.41) is 3.15. The number of sulfonamides is 1. The number of aromatic nitrogens is 2. The van der Waals surface area contributed by atoms with Gasteiger partial charge < -0.3 is 10.1 Å². The van der Waals surface area contributed by atoms with Gasteiger partial charge in [0.25, 0.3) is 10.0 Å². The van der Waals surface area contributed by atoms with Crippen LogP contribution in [-0.4, -0.2) is 37.5 Å². The molecule has 2 unspecified atom stereocenters. The molecule has 0 radical (unpaired) electrons. The number of ether oxygens (including phenoxy) is 1. The summed E-state index contributed by atoms with van der Waals surface area (Å²) in [6, 6.07) is 5.84. The zero-order chi connectivity index (χ0) is 23.6. The maximum Gasteiger partial charge on any atom is 0.266 e. The molecule has 0 spiro atoms. The second-order valence-corrected chi connectivity index (χ2v) is 10.2. The van der Waals surface area contributed by atoms with Gasteiger partial charge in [-0.2, -0.15) is 4.37 Å². The molecule has 1 saturated heterocycles. The van der Waals surface area contributed by atoms with E-state index in [1.165, 1.54) is 12.1 Å². The Morgan fingerprint density at radius 2 is 2.00 bits per heavy atom. The smallest absolute Gasteiger partial charge is 0.266 e. The molecule has 2 heterocycles. The molecule has 33 heavy (non-hydrogen) atoms. The van der Waals surface area contributed by atoms with Gasteiger partial charge in [-0.25, -0.2) is 26.6 Å². The predicted molar refractivity (Wildman–Crippen MR) is 118 cm³/mol. The van der Waals surface area contributed by atoms with Crippen molar-refractivity contribution in [3.05, 3.63) is 64.7 Å². The topological polar surface area (TPSA) is 93.2 Å². The molecule has 1 aromatic heterocycles. The molecule has 2 atom stereocenters. The van der Waals surface area contributed by atoms with Crippen LogP contribution < -0.4 is 14.8 Å². The van der Waals surface area contributed by atoms with Crippen molar-refractivity contribution in [2.75, 3.05) is 24.4 Å². The van der Waals surface area contributed by atoms with Crippen molar-refractivity contribution in [2.45, 2.75) is 17.2 Å². The lowest BCUT2D eigenvalue weighted by atomic mass is 9.81. The zero-order valence-electron chi connectivity index (χ0n) is 16.9. The van der Waals surface area contributed by atoms with Crippen molar-refractivity contribution >= 4 is 38.3 Å². The molecular formula is C20H18ClF3N4O3S2. The third-order valence-corrected chi connectivity index (χ3v) is 7.66. The summed E-state index contributed by atoms with van der Waals surface area (Å²) in [4.78, 5) is 2.78. The van der Waals surface area contributed by atoms with Crippen LogP contribution in [0.4, 0.5) is 18.3 Å². The van der Waals surface area contributed by atoms with Gasteiger partial charge in [-0.15, -0.1) is 0 Å². The molecule has 176 valence electrons. The third-order valence-electron chi connectivity index (χ3n) is 5.29. The summed E-state index contributed by atoms with van der Waals surface area (Å²) in [6.45, 7) is 1.24. The van der Waals surface area contributed by atoms with Crippen LogP contribution in [0.1, 0.15) is 17.9 Å². The summed E-state index contributed by atoms with van der Waals surface area (Å²) in [7, 11) is -4.41. The minimum Gasteiger partial charge on any atom is -0.490 e. The first-order valence-electron chi connectivity index (χ1n) is 9.81. The Morgan fingerprint density at radius 1 is 1.18 bits per heavy atom. The van der Waals surface area contributed by atoms with Crippen molar-refractivity contribution in [1.29, 1.82) is 0 Å². The lowest BCUT2D eigenvalue weighted by Crippen LogP contribution is -2.38. The normalized spacial score (nSPS) is 18.8. The van der Waals surface area contributed by atoms with Crippen LogP contribution in [-0.2, 0) is 10.0 Å². The number of hydrogen-bond acceptors (Lipinski definition) is 7. The summed E-state index contributed by atoms with van der Waals surface area (Å²) >= 11 is 6.52. The van der Waals surface area contributed by atoms with E-state index in [4.69, 9.17) is 16.3 Å². The fourth-order valence-corrected chi connectivity index (χ4v) is 5.54. The van der Waals surface area contributed by atoms with Crippen LogP contribution in [0, 0.1) is 23.4 Å². The van der Waals surface area contributed by atoms with E-state index in [1.807, 2.05) is 4.72 Å². The number of nitrogens with zero attached hydrogens (tertiary/aromatic N) is 2. The van der Waals surface area contributed by atoms with Crippen LogP contribution in [0.5, 0.6) is 5.75 Å². The maximum absolute atomic E-state index is 14.6. The average Bonchev–Trinajstić information content (AvgIpc) is 3.28. The van der Waals surface area contributed by atoms with Gasteiger partial charge in [0.05, 0.1) is 11.6 Å². The summed E-state index contributed by atoms with van der Waals surface area (Å²) < 4.78 is 79.1. The molecule has 4 rings (SSSR count). The SMILES string of the molecule is O=S(=O)(Nc1ncns1)c1cc(F)c(OCC2CNCCC2c2ccc(Cl)c(F)c2)cc1F. The summed E-state index contributed by atoms with van der Waals surface area (Å²) in [6.07, 6.45) is 1.82. The zero-order valence-corrected chi connectivity index (χ0v) is 19.3. The molecule has 0 saturated carbocycles. The molecule has 7 nitrogen and oxygen atoms in total. The van der Waals surface area contributed by atoms with Crippen LogP contribution in [0.3, 0.4) is 0 Å². The van der Waals surface area contributed by atoms with E-state index in [2.05, 4.69) is 14.7 Å². The number of nitrogens with one attached hydrogen (secondary N) is 2. The van der Waals surface area contributed by atoms with Crippen molar-refractivity contribution in [3.63, 3.8) is 0 Å². The second kappa shape index (κ2) is 9.84. The summed E-state index contributed by atoms with van der Waals surface area (Å²) in [5.74, 6) is -3.41. The molecule has 1 aliphatic rings. The Bertz CT molecular complexity index is 1250. The van der Waals surface area contributed by atoms with Crippen molar-refractivity contribution < 1.29 is 26.3 Å². The number of piperidine rings is 1. The van der Waals surface area contributed by atoms with Gasteiger partial charge in [-0.05, 0) is 36.6 Å². The molecule has 0 bridgehead atoms. The molecule has 1 fully saturated rings. The fraction of sp³-hybridized carbons (Fsp3) is 0.300. The highest BCUT2D eigenvalue weighted by Crippen LogP contribution is 2.33. The Labute approximate surface area is 197 Å². The Kier molecular flexibility index (Phi) is 7.07. The van der Waals surface area contributed by atoms with E-state index >= 15 is 0 Å². The van der Waals surface area contributed by atoms with Crippen LogP contribution in [0.2, 0.25) is 5.02 Å². The highest BCUT2D eigenvalue weighted by atomic mass is 35.5. The van der Waals surface area contributed by atoms with Gasteiger partial charge in [0, 0.05) is 36.1 Å². The molecule has 1 aliphatic heterocycles. The van der Waals surface area contributed by atoms with E-state index < -0.39 is 38.1 Å². The number of benzene rings is 2. The van der Waals surface area contributed by atoms with Gasteiger partial charge in [0.1, 0.15) is 22.9 Å². The molecule has 13 heteroatoms. The Morgan fingerprint density at radius 3 is 2.73 bits per heavy atom. The van der Waals surface area contributed by atoms with E-state index in [-0.39, 0.29) is 28.6 Å². The quantitative estimate of drug-likeness (QED) is 0.487. The van der Waals surface area contributed by atoms with Crippen LogP contribution in [0.25, 0.3) is 0 Å². The summed E-state index contributed by atoms with van der Waals surface area (Å²) in [5.41, 5.74) is 0.739. The van der Waals surface area contributed by atoms with Gasteiger partial charge >= 0.3 is 0 Å². The first-order chi connectivity index (χ1) is 15.7. The van der Waals surface area contributed by atoms with E-state index in [0.717, 1.165) is 23.4 Å². The molecular weight excluding hydrogens is 501 g/mol. The highest BCUT2D eigenvalue weighted by Gasteiger charge is 2.29. The Hall–Kier alpha value is -2.41. The Balaban J connectivity index is 1.50. The monoisotopic (exact) mass is 518 g/mol. The van der Waals surface area contributed by atoms with Gasteiger partial charge in [0.2, 0.25) is 5.13 Å². The van der Waals surface area contributed by atoms with Gasteiger partial charge in [0.15, 0.2) is 11.6 Å². The number of hydrogen-bond donors (Lipinski definition) is 2. The number of rotatable bonds is 7. The van der Waals surface area contributed by atoms with Crippen molar-refractivity contribution in [2.24, 2.45) is 5.92 Å². The molecule has 2 N–H and O–H groups in total. The van der Waals surface area contributed by atoms with Crippen LogP contribution in [0.15, 0.2) is 41.6 Å². The molecule has 0 aliphatic carbocycles. The lowest BCUT2D eigenvalue weighted by molar-refractivity contribution is 0.190. The van der Waals surface area contributed by atoms with Crippen molar-refractivity contribution in [1.82, 2.24) is 14.7 Å². The average molecular weight is 519 g/mol. The minimum absolute atomic E-state index is 0.00734. The lowest BCUT2D eigenvalue weighted by Gasteiger charge is -2.32. The van der Waals surface area contributed by atoms with Crippen LogP contribution >= 0.6 is 23.1 Å². The van der Waals surface area contributed by atoms with E-state index in [1.54, 1.807) is 6.07 Å². The van der Waals surface area contributed by atoms with Gasteiger partial charge in [-0.1, -0.05) is 17.7 Å². The first kappa shape index (κ1) is 23.7. The third kappa shape index (κ3) is 5.40. The van der Waals surface area contributed by atoms with E-state index in [0.29, 0.717) is 31.6 Å². The number of halogens is 4. The highest BCUT2D eigenvalue weighted by molar-refractivity contribution is 7.93. The fourth-order valence-electron chi connectivity index (χ4n) is 3.69. The first-order valence-corrected chi connectivity index (χ1v) is 12.4. The van der Waals surface area contributed by atoms with Crippen molar-refractivity contribution in [3.8, 4) is 5.75 Å². The number of anilines is 1. The largest absolute Gasteiger partial charge is 0.490 e. The molecule has 3 aromatic rings. The molecule has 2 aromatic carbocycles.